The van der Waals surface area contributed by atoms with E-state index in [9.17, 15) is 0 Å². The molecule has 15 heteroatoms. The maximum Gasteiger partial charge on any atom is 1.00 e. The molecule has 4 N–H and O–H groups in total. The summed E-state index contributed by atoms with van der Waals surface area (Å²) in [6.07, 6.45) is -0.500. The normalized spacial score (nSPS) is 8.59. The summed E-state index contributed by atoms with van der Waals surface area (Å²) >= 11 is 0. The number of carboxylic acid groups (broad SMARTS) is 4. The largest absolute Gasteiger partial charge is 1.00 e. The van der Waals surface area contributed by atoms with Crippen molar-refractivity contribution in [2.24, 2.45) is 11.5 Å². The second-order valence-corrected chi connectivity index (χ2v) is 3.51. The van der Waals surface area contributed by atoms with Crippen LogP contribution in [0.15, 0.2) is 0 Å². The predicted molar refractivity (Wildman–Crippen MR) is 71.1 cm³/mol. The second-order valence-electron chi connectivity index (χ2n) is 3.51. The van der Waals surface area contributed by atoms with Gasteiger partial charge in [-0.2, -0.15) is 0 Å². The third kappa shape index (κ3) is 886. The van der Waals surface area contributed by atoms with Crippen LogP contribution in [-0.4, -0.2) is 36.3 Å². The van der Waals surface area contributed by atoms with Crippen molar-refractivity contribution in [1.29, 1.82) is 0 Å². The summed E-state index contributed by atoms with van der Waals surface area (Å²) in [6, 6.07) is 0. The fourth-order valence-electron chi connectivity index (χ4n) is 0.339. The molecule has 0 aliphatic carbocycles. The molecular formula is C12H24Li4N2O9. The fraction of sp³-hybridized carbons (Fsp3) is 0.667. The Balaban J connectivity index is -0.0000000211. The van der Waals surface area contributed by atoms with Gasteiger partial charge in [-0.05, 0) is 41.5 Å². The Hall–Kier alpha value is 0.150. The van der Waals surface area contributed by atoms with Gasteiger partial charge in [0.1, 0.15) is 12.5 Å². The number of carboxylic acids is 4. The number of aliphatic carboxylic acids is 4. The molecule has 0 spiro atoms. The SMILES string of the molecule is CC(=O)[O-].CC(=O)[O-].CC(=O)[O-].CC(=O)[O-].CC(N)OC(C)N.[Li+].[Li+].[Li+].[Li+]. The van der Waals surface area contributed by atoms with Crippen LogP contribution >= 0.6 is 0 Å². The van der Waals surface area contributed by atoms with E-state index in [-0.39, 0.29) is 87.9 Å². The number of ether oxygens (including phenoxy) is 1. The molecule has 2 atom stereocenters. The van der Waals surface area contributed by atoms with Gasteiger partial charge in [-0.1, -0.05) is 0 Å². The van der Waals surface area contributed by atoms with E-state index in [0.717, 1.165) is 27.7 Å². The minimum atomic E-state index is -1.08. The van der Waals surface area contributed by atoms with Gasteiger partial charge >= 0.3 is 75.4 Å². The zero-order valence-electron chi connectivity index (χ0n) is 18.0. The molecule has 140 valence electrons. The van der Waals surface area contributed by atoms with Crippen molar-refractivity contribution in [3.63, 3.8) is 0 Å². The van der Waals surface area contributed by atoms with Gasteiger partial charge in [0.2, 0.25) is 0 Å². The monoisotopic (exact) mass is 368 g/mol. The van der Waals surface area contributed by atoms with Gasteiger partial charge in [-0.15, -0.1) is 0 Å². The van der Waals surface area contributed by atoms with E-state index in [0.29, 0.717) is 0 Å². The summed E-state index contributed by atoms with van der Waals surface area (Å²) < 4.78 is 4.81. The molecular weight excluding hydrogens is 344 g/mol. The third-order valence-corrected chi connectivity index (χ3v) is 0.429. The first-order valence-corrected chi connectivity index (χ1v) is 5.93. The molecule has 0 aromatic heterocycles. The fourth-order valence-corrected chi connectivity index (χ4v) is 0.339. The first-order chi connectivity index (χ1) is 10.1. The van der Waals surface area contributed by atoms with Crippen molar-refractivity contribution < 1.29 is 120 Å². The molecule has 0 aromatic carbocycles. The first-order valence-electron chi connectivity index (χ1n) is 5.93. The Morgan fingerprint density at radius 3 is 0.667 bits per heavy atom. The number of nitrogens with two attached hydrogens (primary N) is 2. The standard InChI is InChI=1S/C4H12N2O.4C2H4O2.4Li/c1-3(5)7-4(2)6;4*1-2(3)4;;;;/h3-4H,5-6H2,1-2H3;4*1H3,(H,3,4);;;;/q;;;;;4*+1/p-4. The average molecular weight is 368 g/mol. The molecule has 0 fully saturated rings. The molecule has 0 saturated carbocycles. The van der Waals surface area contributed by atoms with Crippen LogP contribution in [0.25, 0.3) is 0 Å². The molecule has 11 nitrogen and oxygen atoms in total. The summed E-state index contributed by atoms with van der Waals surface area (Å²) in [7, 11) is 0. The van der Waals surface area contributed by atoms with Crippen molar-refractivity contribution in [2.75, 3.05) is 0 Å². The van der Waals surface area contributed by atoms with Crippen LogP contribution in [0.4, 0.5) is 0 Å². The maximum atomic E-state index is 8.89. The van der Waals surface area contributed by atoms with Gasteiger partial charge in [0.15, 0.2) is 0 Å². The van der Waals surface area contributed by atoms with Gasteiger partial charge in [-0.3, -0.25) is 0 Å². The third-order valence-electron chi connectivity index (χ3n) is 0.429. The van der Waals surface area contributed by atoms with E-state index in [1.807, 2.05) is 0 Å². The van der Waals surface area contributed by atoms with E-state index in [2.05, 4.69) is 0 Å². The van der Waals surface area contributed by atoms with Crippen LogP contribution in [0, 0.1) is 0 Å². The average Bonchev–Trinajstić information content (AvgIpc) is 2.09. The van der Waals surface area contributed by atoms with Crippen LogP contribution in [0.2, 0.25) is 0 Å². The minimum absolute atomic E-state index is 0. The van der Waals surface area contributed by atoms with Crippen LogP contribution in [0.3, 0.4) is 0 Å². The van der Waals surface area contributed by atoms with Gasteiger partial charge in [-0.25, -0.2) is 0 Å². The van der Waals surface area contributed by atoms with E-state index in [4.69, 9.17) is 55.8 Å². The smallest absolute Gasteiger partial charge is 0.550 e. The second kappa shape index (κ2) is 45.1. The topological polar surface area (TPSA) is 222 Å². The minimum Gasteiger partial charge on any atom is -0.550 e. The summed E-state index contributed by atoms with van der Waals surface area (Å²) in [5.74, 6) is -4.33. The molecule has 0 bridgehead atoms. The summed E-state index contributed by atoms with van der Waals surface area (Å²) in [5, 5.41) is 35.6. The molecule has 2 unspecified atom stereocenters. The Bertz CT molecular complexity index is 264. The van der Waals surface area contributed by atoms with Crippen molar-refractivity contribution in [3.05, 3.63) is 0 Å². The first kappa shape index (κ1) is 56.4. The van der Waals surface area contributed by atoms with E-state index in [1.54, 1.807) is 13.8 Å². The molecule has 0 aromatic rings. The molecule has 0 rings (SSSR count). The van der Waals surface area contributed by atoms with Crippen molar-refractivity contribution in [2.45, 2.75) is 54.0 Å². The zero-order chi connectivity index (χ0) is 20.2. The van der Waals surface area contributed by atoms with Crippen molar-refractivity contribution in [1.82, 2.24) is 0 Å². The summed E-state index contributed by atoms with van der Waals surface area (Å²) in [6.45, 7) is 7.37. The maximum absolute atomic E-state index is 8.89. The van der Waals surface area contributed by atoms with Crippen LogP contribution in [0.1, 0.15) is 41.5 Å². The number of carbonyl (C=O) groups is 4. The van der Waals surface area contributed by atoms with Gasteiger partial charge in [0.25, 0.3) is 0 Å². The van der Waals surface area contributed by atoms with Crippen LogP contribution < -0.4 is 107 Å². The predicted octanol–water partition coefficient (Wildman–Crippen LogP) is -17.3. The molecule has 0 heterocycles. The summed E-state index contributed by atoms with van der Waals surface area (Å²) in [5.41, 5.74) is 10.4. The number of hydrogen-bond acceptors (Lipinski definition) is 11. The Morgan fingerprint density at radius 2 is 0.667 bits per heavy atom. The molecule has 0 aliphatic heterocycles. The molecule has 0 aliphatic rings. The molecule has 0 radical (unpaired) electrons. The summed E-state index contributed by atoms with van der Waals surface area (Å²) in [4.78, 5) is 35.6. The van der Waals surface area contributed by atoms with Crippen molar-refractivity contribution in [3.8, 4) is 0 Å². The number of hydrogen-bond donors (Lipinski definition) is 2. The van der Waals surface area contributed by atoms with Gasteiger partial charge in [0.05, 0.1) is 0 Å². The molecule has 27 heavy (non-hydrogen) atoms. The Kier molecular flexibility index (Phi) is 94.1. The zero-order valence-corrected chi connectivity index (χ0v) is 18.0. The van der Waals surface area contributed by atoms with Crippen LogP contribution in [0.5, 0.6) is 0 Å². The van der Waals surface area contributed by atoms with Crippen LogP contribution in [-0.2, 0) is 23.9 Å². The number of rotatable bonds is 2. The Morgan fingerprint density at radius 1 is 0.593 bits per heavy atom. The molecule has 0 saturated heterocycles. The van der Waals surface area contributed by atoms with E-state index in [1.165, 1.54) is 0 Å². The van der Waals surface area contributed by atoms with Crippen molar-refractivity contribution >= 4 is 23.9 Å². The van der Waals surface area contributed by atoms with E-state index >= 15 is 0 Å². The molecule has 0 amide bonds. The van der Waals surface area contributed by atoms with Gasteiger partial charge in [0, 0.05) is 23.9 Å². The van der Waals surface area contributed by atoms with E-state index < -0.39 is 23.9 Å². The van der Waals surface area contributed by atoms with Gasteiger partial charge < -0.3 is 55.8 Å². The Labute approximate surface area is 208 Å². The number of carbonyl (C=O) groups excluding carboxylic acids is 4. The quantitative estimate of drug-likeness (QED) is 0.344.